The number of hydrogen-bond acceptors (Lipinski definition) is 7. The number of hydrogen-bond donors (Lipinski definition) is 1. The molecule has 4 rings (SSSR count). The molecule has 0 amide bonds. The van der Waals surface area contributed by atoms with Crippen LogP contribution in [-0.2, 0) is 10.3 Å². The van der Waals surface area contributed by atoms with E-state index in [1.54, 1.807) is 12.1 Å². The van der Waals surface area contributed by atoms with Gasteiger partial charge < -0.3 is 15.0 Å². The first-order valence-electron chi connectivity index (χ1n) is 8.78. The van der Waals surface area contributed by atoms with E-state index in [1.165, 1.54) is 31.6 Å². The number of amidine groups is 1. The minimum atomic E-state index is -4.67. The summed E-state index contributed by atoms with van der Waals surface area (Å²) >= 11 is 0. The van der Waals surface area contributed by atoms with E-state index >= 15 is 0 Å². The lowest BCUT2D eigenvalue weighted by molar-refractivity contribution is -0.208. The summed E-state index contributed by atoms with van der Waals surface area (Å²) in [6.07, 6.45) is -4.60. The number of ether oxygens (including phenoxy) is 1. The number of nitrogens with zero attached hydrogens (tertiary/aromatic N) is 4. The molecule has 0 saturated carbocycles. The van der Waals surface area contributed by atoms with Crippen molar-refractivity contribution in [3.63, 3.8) is 0 Å². The molecule has 0 unspecified atom stereocenters. The van der Waals surface area contributed by atoms with Crippen molar-refractivity contribution in [1.82, 2.24) is 15.1 Å². The number of rotatable bonds is 3. The third-order valence-electron chi connectivity index (χ3n) is 4.75. The van der Waals surface area contributed by atoms with E-state index in [0.717, 1.165) is 6.07 Å². The van der Waals surface area contributed by atoms with Crippen molar-refractivity contribution in [3.05, 3.63) is 54.2 Å². The van der Waals surface area contributed by atoms with Crippen LogP contribution < -0.4 is 5.73 Å². The van der Waals surface area contributed by atoms with Crippen molar-refractivity contribution in [2.75, 3.05) is 0 Å². The first-order chi connectivity index (χ1) is 14.2. The first-order valence-corrected chi connectivity index (χ1v) is 8.78. The normalized spacial score (nSPS) is 21.8. The van der Waals surface area contributed by atoms with E-state index in [4.69, 9.17) is 10.3 Å². The maximum Gasteiger partial charge on any atom is 0.425 e. The molecule has 0 bridgehead atoms. The van der Waals surface area contributed by atoms with Crippen LogP contribution in [-0.4, -0.2) is 33.4 Å². The highest BCUT2D eigenvalue weighted by molar-refractivity contribution is 5.73. The smallest absolute Gasteiger partial charge is 0.425 e. The van der Waals surface area contributed by atoms with Gasteiger partial charge in [0.15, 0.2) is 11.9 Å². The SMILES string of the molecule is C[C@@]1(c2cc(-c3cc(-c4ccncn4)no3)ccc2F)C[C@@H](C(F)(F)F)OC(N)=N1. The summed E-state index contributed by atoms with van der Waals surface area (Å²) in [5.74, 6) is -0.444. The standard InChI is InChI=1S/C19H15F4N5O2/c1-18(8-16(19(21,22)23)29-17(24)27-18)11-6-10(2-3-12(11)20)15-7-14(28-30-15)13-4-5-25-9-26-13/h2-7,9,16H,8H2,1H3,(H2,24,27)/t16-,18-/m0/s1. The lowest BCUT2D eigenvalue weighted by atomic mass is 9.84. The minimum Gasteiger partial charge on any atom is -0.452 e. The molecule has 3 heterocycles. The van der Waals surface area contributed by atoms with Gasteiger partial charge in [-0.2, -0.15) is 13.2 Å². The predicted molar refractivity (Wildman–Crippen MR) is 97.4 cm³/mol. The summed E-state index contributed by atoms with van der Waals surface area (Å²) in [6.45, 7) is 1.37. The molecule has 2 aromatic heterocycles. The summed E-state index contributed by atoms with van der Waals surface area (Å²) in [5, 5.41) is 3.93. The Balaban J connectivity index is 1.72. The molecule has 2 N–H and O–H groups in total. The van der Waals surface area contributed by atoms with Gasteiger partial charge in [0, 0.05) is 29.8 Å². The fraction of sp³-hybridized carbons (Fsp3) is 0.263. The molecule has 7 nitrogen and oxygen atoms in total. The Bertz CT molecular complexity index is 1100. The number of alkyl halides is 3. The molecule has 1 aliphatic heterocycles. The van der Waals surface area contributed by atoms with Crippen LogP contribution in [0, 0.1) is 5.82 Å². The van der Waals surface area contributed by atoms with E-state index < -0.39 is 36.1 Å². The second-order valence-corrected chi connectivity index (χ2v) is 6.94. The van der Waals surface area contributed by atoms with Gasteiger partial charge in [0.25, 0.3) is 6.02 Å². The van der Waals surface area contributed by atoms with Gasteiger partial charge >= 0.3 is 6.18 Å². The van der Waals surface area contributed by atoms with Crippen LogP contribution in [0.2, 0.25) is 0 Å². The lowest BCUT2D eigenvalue weighted by Gasteiger charge is -2.36. The monoisotopic (exact) mass is 421 g/mol. The van der Waals surface area contributed by atoms with Crippen molar-refractivity contribution in [2.24, 2.45) is 10.7 Å². The van der Waals surface area contributed by atoms with Crippen LogP contribution in [0.25, 0.3) is 22.7 Å². The highest BCUT2D eigenvalue weighted by Gasteiger charge is 2.50. The third kappa shape index (κ3) is 3.70. The van der Waals surface area contributed by atoms with Gasteiger partial charge in [0.05, 0.1) is 11.2 Å². The zero-order valence-corrected chi connectivity index (χ0v) is 15.5. The van der Waals surface area contributed by atoms with E-state index in [0.29, 0.717) is 17.0 Å². The maximum atomic E-state index is 14.6. The van der Waals surface area contributed by atoms with Crippen molar-refractivity contribution in [3.8, 4) is 22.7 Å². The second kappa shape index (κ2) is 7.08. The molecule has 11 heteroatoms. The van der Waals surface area contributed by atoms with Crippen LogP contribution >= 0.6 is 0 Å². The molecular formula is C19H15F4N5O2. The molecule has 0 spiro atoms. The molecular weight excluding hydrogens is 406 g/mol. The zero-order chi connectivity index (χ0) is 21.5. The Hall–Kier alpha value is -3.50. The predicted octanol–water partition coefficient (Wildman–Crippen LogP) is 3.82. The van der Waals surface area contributed by atoms with Crippen LogP contribution in [0.3, 0.4) is 0 Å². The van der Waals surface area contributed by atoms with Crippen molar-refractivity contribution >= 4 is 6.02 Å². The fourth-order valence-electron chi connectivity index (χ4n) is 3.28. The molecule has 1 aromatic carbocycles. The Morgan fingerprint density at radius 3 is 2.67 bits per heavy atom. The highest BCUT2D eigenvalue weighted by atomic mass is 19.4. The van der Waals surface area contributed by atoms with Crippen molar-refractivity contribution in [2.45, 2.75) is 31.2 Å². The minimum absolute atomic E-state index is 0.0690. The van der Waals surface area contributed by atoms with Crippen LogP contribution in [0.4, 0.5) is 17.6 Å². The van der Waals surface area contributed by atoms with Crippen LogP contribution in [0.5, 0.6) is 0 Å². The average molecular weight is 421 g/mol. The molecule has 3 aromatic rings. The quantitative estimate of drug-likeness (QED) is 0.646. The molecule has 1 aliphatic rings. The van der Waals surface area contributed by atoms with Crippen LogP contribution in [0.1, 0.15) is 18.9 Å². The summed E-state index contributed by atoms with van der Waals surface area (Å²) in [4.78, 5) is 11.9. The molecule has 0 saturated heterocycles. The number of benzene rings is 1. The number of aliphatic imine (C=N–C) groups is 1. The Labute approximate surface area is 167 Å². The highest BCUT2D eigenvalue weighted by Crippen LogP contribution is 2.41. The molecule has 2 atom stereocenters. The number of aromatic nitrogens is 3. The molecule has 30 heavy (non-hydrogen) atoms. The lowest BCUT2D eigenvalue weighted by Crippen LogP contribution is -2.46. The second-order valence-electron chi connectivity index (χ2n) is 6.94. The van der Waals surface area contributed by atoms with E-state index in [9.17, 15) is 17.6 Å². The van der Waals surface area contributed by atoms with Crippen LogP contribution in [0.15, 0.2) is 52.4 Å². The Morgan fingerprint density at radius 2 is 1.97 bits per heavy atom. The first kappa shape index (κ1) is 19.8. The summed E-state index contributed by atoms with van der Waals surface area (Å²) < 4.78 is 64.2. The van der Waals surface area contributed by atoms with Crippen molar-refractivity contribution < 1.29 is 26.8 Å². The largest absolute Gasteiger partial charge is 0.452 e. The molecule has 0 fully saturated rings. The summed E-state index contributed by atoms with van der Waals surface area (Å²) in [7, 11) is 0. The van der Waals surface area contributed by atoms with Gasteiger partial charge in [-0.25, -0.2) is 19.4 Å². The molecule has 0 aliphatic carbocycles. The van der Waals surface area contributed by atoms with Gasteiger partial charge in [-0.3, -0.25) is 0 Å². The topological polar surface area (TPSA) is 99.4 Å². The van der Waals surface area contributed by atoms with E-state index in [2.05, 4.69) is 24.9 Å². The average Bonchev–Trinajstić information content (AvgIpc) is 3.18. The van der Waals surface area contributed by atoms with E-state index in [-0.39, 0.29) is 11.3 Å². The van der Waals surface area contributed by atoms with Gasteiger partial charge in [-0.15, -0.1) is 0 Å². The summed E-state index contributed by atoms with van der Waals surface area (Å²) in [5.41, 5.74) is 5.16. The van der Waals surface area contributed by atoms with Crippen molar-refractivity contribution in [1.29, 1.82) is 0 Å². The van der Waals surface area contributed by atoms with Gasteiger partial charge in [0.2, 0.25) is 0 Å². The molecule has 0 radical (unpaired) electrons. The number of halogens is 4. The Morgan fingerprint density at radius 1 is 1.17 bits per heavy atom. The van der Waals surface area contributed by atoms with Gasteiger partial charge in [-0.05, 0) is 31.2 Å². The van der Waals surface area contributed by atoms with Gasteiger partial charge in [0.1, 0.15) is 17.8 Å². The Kier molecular flexibility index (Phi) is 4.67. The zero-order valence-electron chi connectivity index (χ0n) is 15.5. The molecule has 156 valence electrons. The number of nitrogens with two attached hydrogens (primary N) is 1. The third-order valence-corrected chi connectivity index (χ3v) is 4.75. The van der Waals surface area contributed by atoms with Gasteiger partial charge in [-0.1, -0.05) is 5.16 Å². The summed E-state index contributed by atoms with van der Waals surface area (Å²) in [6, 6.07) is 6.50. The maximum absolute atomic E-state index is 14.6. The fourth-order valence-corrected chi connectivity index (χ4v) is 3.28. The van der Waals surface area contributed by atoms with E-state index in [1.807, 2.05) is 0 Å².